The second-order valence-electron chi connectivity index (χ2n) is 6.05. The van der Waals surface area contributed by atoms with Gasteiger partial charge < -0.3 is 10.4 Å². The molecule has 2 heterocycles. The molecular formula is C18H19N3O3. The molecule has 1 unspecified atom stereocenters. The first kappa shape index (κ1) is 16.0. The van der Waals surface area contributed by atoms with E-state index >= 15 is 0 Å². The van der Waals surface area contributed by atoms with Gasteiger partial charge in [-0.15, -0.1) is 0 Å². The molecule has 2 N–H and O–H groups in total. The Labute approximate surface area is 139 Å². The number of allylic oxidation sites excluding steroid dienone is 1. The van der Waals surface area contributed by atoms with Gasteiger partial charge in [-0.3, -0.25) is 9.36 Å². The van der Waals surface area contributed by atoms with E-state index in [2.05, 4.69) is 10.3 Å². The van der Waals surface area contributed by atoms with Crippen molar-refractivity contribution < 1.29 is 9.90 Å². The first-order chi connectivity index (χ1) is 11.5. The minimum atomic E-state index is -1.25. The highest BCUT2D eigenvalue weighted by Gasteiger charge is 2.25. The van der Waals surface area contributed by atoms with Gasteiger partial charge in [0.1, 0.15) is 11.4 Å². The van der Waals surface area contributed by atoms with Crippen molar-refractivity contribution in [2.75, 3.05) is 5.32 Å². The SMILES string of the molecule is Cc1cccc(N/C=C2\CCC(C)n3c2ncc(C(=O)O)c3=O)c1. The van der Waals surface area contributed by atoms with Gasteiger partial charge in [-0.25, -0.2) is 9.78 Å². The van der Waals surface area contributed by atoms with E-state index in [1.165, 1.54) is 4.57 Å². The van der Waals surface area contributed by atoms with E-state index in [0.29, 0.717) is 5.82 Å². The van der Waals surface area contributed by atoms with Gasteiger partial charge in [0.2, 0.25) is 0 Å². The summed E-state index contributed by atoms with van der Waals surface area (Å²) in [7, 11) is 0. The van der Waals surface area contributed by atoms with Crippen LogP contribution < -0.4 is 10.9 Å². The molecule has 0 bridgehead atoms. The van der Waals surface area contributed by atoms with Crippen LogP contribution in [-0.4, -0.2) is 20.6 Å². The molecule has 1 aromatic carbocycles. The molecule has 0 spiro atoms. The number of anilines is 1. The average molecular weight is 325 g/mol. The van der Waals surface area contributed by atoms with Crippen LogP contribution in [0.25, 0.3) is 5.57 Å². The van der Waals surface area contributed by atoms with E-state index in [4.69, 9.17) is 5.11 Å². The normalized spacial score (nSPS) is 18.2. The first-order valence-electron chi connectivity index (χ1n) is 7.85. The van der Waals surface area contributed by atoms with Crippen LogP contribution in [-0.2, 0) is 0 Å². The largest absolute Gasteiger partial charge is 0.477 e. The van der Waals surface area contributed by atoms with Crippen LogP contribution in [0.5, 0.6) is 0 Å². The molecule has 2 aromatic rings. The maximum atomic E-state index is 12.4. The lowest BCUT2D eigenvalue weighted by atomic mass is 10.0. The van der Waals surface area contributed by atoms with Gasteiger partial charge in [0, 0.05) is 29.7 Å². The quantitative estimate of drug-likeness (QED) is 0.906. The van der Waals surface area contributed by atoms with Crippen molar-refractivity contribution in [1.29, 1.82) is 0 Å². The number of hydrogen-bond donors (Lipinski definition) is 2. The van der Waals surface area contributed by atoms with Crippen LogP contribution >= 0.6 is 0 Å². The summed E-state index contributed by atoms with van der Waals surface area (Å²) in [6, 6.07) is 7.90. The highest BCUT2D eigenvalue weighted by molar-refractivity contribution is 5.87. The molecule has 0 saturated carbocycles. The van der Waals surface area contributed by atoms with Crippen molar-refractivity contribution in [3.8, 4) is 0 Å². The van der Waals surface area contributed by atoms with Crippen LogP contribution in [0, 0.1) is 6.92 Å². The predicted octanol–water partition coefficient (Wildman–Crippen LogP) is 3.06. The molecule has 0 saturated heterocycles. The molecule has 6 heteroatoms. The van der Waals surface area contributed by atoms with Crippen molar-refractivity contribution in [2.24, 2.45) is 0 Å². The second kappa shape index (κ2) is 6.31. The zero-order chi connectivity index (χ0) is 17.3. The molecule has 1 aliphatic rings. The van der Waals surface area contributed by atoms with Crippen molar-refractivity contribution in [2.45, 2.75) is 32.7 Å². The smallest absolute Gasteiger partial charge is 0.342 e. The Morgan fingerprint density at radius 1 is 1.46 bits per heavy atom. The monoisotopic (exact) mass is 325 g/mol. The lowest BCUT2D eigenvalue weighted by Gasteiger charge is -2.26. The number of benzene rings is 1. The van der Waals surface area contributed by atoms with Gasteiger partial charge >= 0.3 is 5.97 Å². The number of carbonyl (C=O) groups is 1. The number of nitrogens with one attached hydrogen (secondary N) is 1. The molecule has 0 radical (unpaired) electrons. The number of aromatic carboxylic acids is 1. The summed E-state index contributed by atoms with van der Waals surface area (Å²) in [4.78, 5) is 27.8. The van der Waals surface area contributed by atoms with Crippen LogP contribution in [0.4, 0.5) is 5.69 Å². The van der Waals surface area contributed by atoms with E-state index in [1.54, 1.807) is 0 Å². The average Bonchev–Trinajstić information content (AvgIpc) is 2.54. The Bertz CT molecular complexity index is 883. The minimum absolute atomic E-state index is 0.0737. The zero-order valence-electron chi connectivity index (χ0n) is 13.6. The standard InChI is InChI=1S/C18H19N3O3/c1-11-4-3-5-14(8-11)19-9-13-7-6-12(2)21-16(13)20-10-15(17(21)22)18(23)24/h3-5,8-10,12,19H,6-7H2,1-2H3,(H,23,24)/b13-9+. The maximum absolute atomic E-state index is 12.4. The third-order valence-electron chi connectivity index (χ3n) is 4.21. The number of hydrogen-bond acceptors (Lipinski definition) is 4. The van der Waals surface area contributed by atoms with Gasteiger partial charge in [0.05, 0.1) is 0 Å². The molecule has 0 aliphatic carbocycles. The number of carboxylic acids is 1. The Kier molecular flexibility index (Phi) is 4.20. The van der Waals surface area contributed by atoms with Crippen molar-refractivity contribution in [1.82, 2.24) is 9.55 Å². The molecular weight excluding hydrogens is 306 g/mol. The Hall–Kier alpha value is -2.89. The maximum Gasteiger partial charge on any atom is 0.342 e. The lowest BCUT2D eigenvalue weighted by Crippen LogP contribution is -2.34. The summed E-state index contributed by atoms with van der Waals surface area (Å²) >= 11 is 0. The minimum Gasteiger partial charge on any atom is -0.477 e. The summed E-state index contributed by atoms with van der Waals surface area (Å²) in [5.74, 6) is -0.715. The van der Waals surface area contributed by atoms with Gasteiger partial charge in [-0.2, -0.15) is 0 Å². The topological polar surface area (TPSA) is 84.2 Å². The van der Waals surface area contributed by atoms with Crippen LogP contribution in [0.15, 0.2) is 41.5 Å². The highest BCUT2D eigenvalue weighted by Crippen LogP contribution is 2.29. The Morgan fingerprint density at radius 2 is 2.25 bits per heavy atom. The van der Waals surface area contributed by atoms with Gasteiger partial charge in [0.15, 0.2) is 0 Å². The first-order valence-corrected chi connectivity index (χ1v) is 7.85. The Balaban J connectivity index is 2.00. The van der Waals surface area contributed by atoms with Crippen molar-refractivity contribution in [3.63, 3.8) is 0 Å². The number of fused-ring (bicyclic) bond motifs is 1. The van der Waals surface area contributed by atoms with Crippen LogP contribution in [0.3, 0.4) is 0 Å². The lowest BCUT2D eigenvalue weighted by molar-refractivity contribution is 0.0693. The third kappa shape index (κ3) is 2.95. The summed E-state index contributed by atoms with van der Waals surface area (Å²) in [6.45, 7) is 3.92. The van der Waals surface area contributed by atoms with Crippen molar-refractivity contribution >= 4 is 17.2 Å². The Morgan fingerprint density at radius 3 is 2.96 bits per heavy atom. The van der Waals surface area contributed by atoms with E-state index in [9.17, 15) is 9.59 Å². The molecule has 124 valence electrons. The fourth-order valence-electron chi connectivity index (χ4n) is 2.91. The van der Waals surface area contributed by atoms with Crippen molar-refractivity contribution in [3.05, 3.63) is 64.0 Å². The number of aryl methyl sites for hydroxylation is 1. The molecule has 6 nitrogen and oxygen atoms in total. The molecule has 0 fully saturated rings. The van der Waals surface area contributed by atoms with Gasteiger partial charge in [0.25, 0.3) is 5.56 Å². The third-order valence-corrected chi connectivity index (χ3v) is 4.21. The summed E-state index contributed by atoms with van der Waals surface area (Å²) in [5.41, 5.74) is 2.21. The van der Waals surface area contributed by atoms with Gasteiger partial charge in [-0.05, 0) is 44.4 Å². The van der Waals surface area contributed by atoms with Crippen LogP contribution in [0.2, 0.25) is 0 Å². The fraction of sp³-hybridized carbons (Fsp3) is 0.278. The van der Waals surface area contributed by atoms with E-state index in [1.807, 2.05) is 44.3 Å². The highest BCUT2D eigenvalue weighted by atomic mass is 16.4. The van der Waals surface area contributed by atoms with Gasteiger partial charge in [-0.1, -0.05) is 12.1 Å². The predicted molar refractivity (Wildman–Crippen MR) is 92.2 cm³/mol. The van der Waals surface area contributed by atoms with E-state index in [-0.39, 0.29) is 11.6 Å². The van der Waals surface area contributed by atoms with E-state index in [0.717, 1.165) is 35.9 Å². The molecule has 1 aliphatic heterocycles. The number of aromatic nitrogens is 2. The molecule has 1 atom stereocenters. The zero-order valence-corrected chi connectivity index (χ0v) is 13.6. The number of carboxylic acid groups (broad SMARTS) is 1. The number of nitrogens with zero attached hydrogens (tertiary/aromatic N) is 2. The summed E-state index contributed by atoms with van der Waals surface area (Å²) in [5, 5.41) is 12.4. The number of rotatable bonds is 3. The molecule has 0 amide bonds. The van der Waals surface area contributed by atoms with Crippen LogP contribution in [0.1, 0.15) is 47.6 Å². The molecule has 3 rings (SSSR count). The second-order valence-corrected chi connectivity index (χ2v) is 6.05. The van der Waals surface area contributed by atoms with E-state index < -0.39 is 11.5 Å². The fourth-order valence-corrected chi connectivity index (χ4v) is 2.91. The molecule has 24 heavy (non-hydrogen) atoms. The molecule has 1 aromatic heterocycles. The summed E-state index contributed by atoms with van der Waals surface area (Å²) in [6.07, 6.45) is 4.53. The summed E-state index contributed by atoms with van der Waals surface area (Å²) < 4.78 is 1.48.